The fraction of sp³-hybridized carbons (Fsp3) is 0.538. The Kier molecular flexibility index (Phi) is 4.39. The third-order valence-electron chi connectivity index (χ3n) is 2.91. The number of hydrogen-bond donors (Lipinski definition) is 3. The Labute approximate surface area is 107 Å². The summed E-state index contributed by atoms with van der Waals surface area (Å²) in [6.45, 7) is 3.80. The normalized spacial score (nSPS) is 19.2. The maximum absolute atomic E-state index is 11.6. The van der Waals surface area contributed by atoms with Crippen LogP contribution in [0.4, 0.5) is 11.6 Å². The average molecular weight is 248 g/mol. The van der Waals surface area contributed by atoms with Crippen LogP contribution in [-0.4, -0.2) is 30.0 Å². The molecule has 5 heteroatoms. The van der Waals surface area contributed by atoms with Crippen LogP contribution < -0.4 is 16.0 Å². The molecule has 3 N–H and O–H groups in total. The van der Waals surface area contributed by atoms with E-state index >= 15 is 0 Å². The first-order valence-electron chi connectivity index (χ1n) is 6.55. The summed E-state index contributed by atoms with van der Waals surface area (Å²) in [4.78, 5) is 16.1. The van der Waals surface area contributed by atoms with Crippen LogP contribution in [0.3, 0.4) is 0 Å². The molecule has 0 aliphatic carbocycles. The molecule has 0 radical (unpaired) electrons. The third kappa shape index (κ3) is 3.35. The van der Waals surface area contributed by atoms with E-state index in [1.54, 1.807) is 0 Å². The van der Waals surface area contributed by atoms with Gasteiger partial charge in [0.15, 0.2) is 0 Å². The number of pyridine rings is 1. The van der Waals surface area contributed by atoms with Gasteiger partial charge in [-0.15, -0.1) is 0 Å². The van der Waals surface area contributed by atoms with Gasteiger partial charge in [0.05, 0.1) is 0 Å². The van der Waals surface area contributed by atoms with Gasteiger partial charge in [0.2, 0.25) is 5.91 Å². The Morgan fingerprint density at radius 2 is 2.28 bits per heavy atom. The Hall–Kier alpha value is -1.78. The Morgan fingerprint density at radius 1 is 1.44 bits per heavy atom. The minimum absolute atomic E-state index is 0.0648. The first-order valence-corrected chi connectivity index (χ1v) is 6.55. The van der Waals surface area contributed by atoms with Gasteiger partial charge in [-0.25, -0.2) is 4.98 Å². The van der Waals surface area contributed by atoms with Crippen molar-refractivity contribution in [3.05, 3.63) is 18.2 Å². The van der Waals surface area contributed by atoms with Gasteiger partial charge in [-0.05, 0) is 31.4 Å². The van der Waals surface area contributed by atoms with E-state index in [1.807, 2.05) is 18.2 Å². The van der Waals surface area contributed by atoms with E-state index in [9.17, 15) is 4.79 Å². The summed E-state index contributed by atoms with van der Waals surface area (Å²) in [7, 11) is 0. The van der Waals surface area contributed by atoms with Crippen LogP contribution in [0.25, 0.3) is 0 Å². The van der Waals surface area contributed by atoms with Crippen LogP contribution in [0.5, 0.6) is 0 Å². The number of carbonyl (C=O) groups excluding carboxylic acids is 1. The second kappa shape index (κ2) is 6.23. The highest BCUT2D eigenvalue weighted by Gasteiger charge is 2.21. The minimum atomic E-state index is -0.160. The number of piperidine rings is 1. The van der Waals surface area contributed by atoms with Gasteiger partial charge in [0, 0.05) is 13.1 Å². The fourth-order valence-corrected chi connectivity index (χ4v) is 1.95. The molecule has 1 aromatic rings. The molecule has 1 amide bonds. The molecule has 2 rings (SSSR count). The molecular weight excluding hydrogens is 228 g/mol. The highest BCUT2D eigenvalue weighted by atomic mass is 16.2. The molecular formula is C13H20N4O. The second-order valence-corrected chi connectivity index (χ2v) is 4.47. The van der Waals surface area contributed by atoms with Gasteiger partial charge in [0.25, 0.3) is 0 Å². The van der Waals surface area contributed by atoms with Gasteiger partial charge < -0.3 is 16.0 Å². The number of carbonyl (C=O) groups is 1. The number of aromatic nitrogens is 1. The molecule has 98 valence electrons. The second-order valence-electron chi connectivity index (χ2n) is 4.47. The Morgan fingerprint density at radius 3 is 3.06 bits per heavy atom. The molecule has 5 nitrogen and oxygen atoms in total. The molecule has 1 aromatic heterocycles. The predicted molar refractivity (Wildman–Crippen MR) is 72.7 cm³/mol. The predicted octanol–water partition coefficient (Wildman–Crippen LogP) is 1.59. The Bertz CT molecular complexity index is 408. The smallest absolute Gasteiger partial charge is 0.242 e. The number of rotatable bonds is 5. The molecule has 1 aliphatic rings. The van der Waals surface area contributed by atoms with Crippen molar-refractivity contribution in [2.24, 2.45) is 0 Å². The molecule has 0 aromatic carbocycles. The van der Waals surface area contributed by atoms with Gasteiger partial charge >= 0.3 is 0 Å². The summed E-state index contributed by atoms with van der Waals surface area (Å²) in [6, 6.07) is 5.60. The van der Waals surface area contributed by atoms with Crippen LogP contribution in [0.15, 0.2) is 18.2 Å². The molecule has 0 bridgehead atoms. The standard InChI is InChI=1S/C13H20N4O/c1-2-8-14-11-6-3-7-12(17-11)16-10-5-4-9-15-13(10)18/h3,6-7,10H,2,4-5,8-9H2,1H3,(H,15,18)(H2,14,16,17). The van der Waals surface area contributed by atoms with Crippen molar-refractivity contribution in [3.8, 4) is 0 Å². The molecule has 1 aliphatic heterocycles. The number of anilines is 2. The summed E-state index contributed by atoms with van der Waals surface area (Å²) in [5, 5.41) is 9.27. The molecule has 1 saturated heterocycles. The van der Waals surface area contributed by atoms with Gasteiger partial charge in [-0.2, -0.15) is 0 Å². The SMILES string of the molecule is CCCNc1cccc(NC2CCCNC2=O)n1. The zero-order chi connectivity index (χ0) is 12.8. The first-order chi connectivity index (χ1) is 8.79. The molecule has 0 spiro atoms. The summed E-state index contributed by atoms with van der Waals surface area (Å²) < 4.78 is 0. The van der Waals surface area contributed by atoms with E-state index in [0.717, 1.165) is 44.0 Å². The van der Waals surface area contributed by atoms with Crippen LogP contribution in [0.2, 0.25) is 0 Å². The van der Waals surface area contributed by atoms with Crippen molar-refractivity contribution < 1.29 is 4.79 Å². The number of hydrogen-bond acceptors (Lipinski definition) is 4. The molecule has 0 saturated carbocycles. The van der Waals surface area contributed by atoms with Crippen LogP contribution in [-0.2, 0) is 4.79 Å². The maximum Gasteiger partial charge on any atom is 0.242 e. The lowest BCUT2D eigenvalue weighted by atomic mass is 10.1. The largest absolute Gasteiger partial charge is 0.370 e. The molecule has 2 heterocycles. The molecule has 18 heavy (non-hydrogen) atoms. The van der Waals surface area contributed by atoms with Gasteiger partial charge in [-0.1, -0.05) is 13.0 Å². The van der Waals surface area contributed by atoms with Crippen molar-refractivity contribution in [2.75, 3.05) is 23.7 Å². The van der Waals surface area contributed by atoms with E-state index < -0.39 is 0 Å². The van der Waals surface area contributed by atoms with Crippen molar-refractivity contribution in [2.45, 2.75) is 32.2 Å². The van der Waals surface area contributed by atoms with Gasteiger partial charge in [0.1, 0.15) is 17.7 Å². The number of nitrogens with one attached hydrogen (secondary N) is 3. The van der Waals surface area contributed by atoms with Gasteiger partial charge in [-0.3, -0.25) is 4.79 Å². The van der Waals surface area contributed by atoms with Crippen LogP contribution in [0, 0.1) is 0 Å². The zero-order valence-electron chi connectivity index (χ0n) is 10.7. The van der Waals surface area contributed by atoms with Crippen LogP contribution in [0.1, 0.15) is 26.2 Å². The lowest BCUT2D eigenvalue weighted by Gasteiger charge is -2.23. The fourth-order valence-electron chi connectivity index (χ4n) is 1.95. The van der Waals surface area contributed by atoms with E-state index in [4.69, 9.17) is 0 Å². The molecule has 1 fully saturated rings. The lowest BCUT2D eigenvalue weighted by Crippen LogP contribution is -2.44. The monoisotopic (exact) mass is 248 g/mol. The Balaban J connectivity index is 1.97. The third-order valence-corrected chi connectivity index (χ3v) is 2.91. The maximum atomic E-state index is 11.6. The first kappa shape index (κ1) is 12.7. The van der Waals surface area contributed by atoms with E-state index in [-0.39, 0.29) is 11.9 Å². The molecule has 1 unspecified atom stereocenters. The zero-order valence-corrected chi connectivity index (χ0v) is 10.7. The van der Waals surface area contributed by atoms with E-state index in [0.29, 0.717) is 0 Å². The quantitative estimate of drug-likeness (QED) is 0.740. The van der Waals surface area contributed by atoms with Crippen molar-refractivity contribution in [1.29, 1.82) is 0 Å². The van der Waals surface area contributed by atoms with Crippen molar-refractivity contribution in [1.82, 2.24) is 10.3 Å². The summed E-state index contributed by atoms with van der Waals surface area (Å²) >= 11 is 0. The van der Waals surface area contributed by atoms with E-state index in [1.165, 1.54) is 0 Å². The summed E-state index contributed by atoms with van der Waals surface area (Å²) in [5.74, 6) is 1.66. The lowest BCUT2D eigenvalue weighted by molar-refractivity contribution is -0.123. The minimum Gasteiger partial charge on any atom is -0.370 e. The average Bonchev–Trinajstić information content (AvgIpc) is 2.40. The molecule has 1 atom stereocenters. The topological polar surface area (TPSA) is 66.0 Å². The summed E-state index contributed by atoms with van der Waals surface area (Å²) in [6.07, 6.45) is 2.93. The van der Waals surface area contributed by atoms with Crippen LogP contribution >= 0.6 is 0 Å². The highest BCUT2D eigenvalue weighted by molar-refractivity contribution is 5.85. The number of amides is 1. The summed E-state index contributed by atoms with van der Waals surface area (Å²) in [5.41, 5.74) is 0. The van der Waals surface area contributed by atoms with Crippen molar-refractivity contribution >= 4 is 17.5 Å². The van der Waals surface area contributed by atoms with E-state index in [2.05, 4.69) is 27.9 Å². The number of nitrogens with zero attached hydrogens (tertiary/aromatic N) is 1. The highest BCUT2D eigenvalue weighted by Crippen LogP contribution is 2.13. The van der Waals surface area contributed by atoms with Crippen molar-refractivity contribution in [3.63, 3.8) is 0 Å².